The van der Waals surface area contributed by atoms with Crippen molar-refractivity contribution in [1.82, 2.24) is 4.90 Å². The molecule has 1 aromatic rings. The second kappa shape index (κ2) is 7.09. The van der Waals surface area contributed by atoms with E-state index in [-0.39, 0.29) is 23.7 Å². The third-order valence-corrected chi connectivity index (χ3v) is 4.67. The van der Waals surface area contributed by atoms with Crippen molar-refractivity contribution in [1.29, 1.82) is 0 Å². The quantitative estimate of drug-likeness (QED) is 0.868. The number of carbonyl (C=O) groups is 1. The first kappa shape index (κ1) is 15.3. The minimum Gasteiger partial charge on any atom is -0.393 e. The molecule has 3 nitrogen and oxygen atoms in total. The largest absolute Gasteiger partial charge is 0.393 e. The third-order valence-electron chi connectivity index (χ3n) is 3.62. The summed E-state index contributed by atoms with van der Waals surface area (Å²) in [6.07, 6.45) is 0.752. The van der Waals surface area contributed by atoms with E-state index in [1.54, 1.807) is 23.1 Å². The lowest BCUT2D eigenvalue weighted by molar-refractivity contribution is -0.134. The van der Waals surface area contributed by atoms with E-state index >= 15 is 0 Å². The number of aliphatic hydroxyl groups is 1. The maximum atomic E-state index is 13.4. The molecule has 2 rings (SSSR count). The monoisotopic (exact) mass is 297 g/mol. The summed E-state index contributed by atoms with van der Waals surface area (Å²) < 4.78 is 13.4. The number of benzene rings is 1. The van der Waals surface area contributed by atoms with Crippen LogP contribution in [0.5, 0.6) is 0 Å². The van der Waals surface area contributed by atoms with Crippen molar-refractivity contribution in [3.63, 3.8) is 0 Å². The van der Waals surface area contributed by atoms with Crippen molar-refractivity contribution in [3.05, 3.63) is 30.1 Å². The number of rotatable bonds is 4. The summed E-state index contributed by atoms with van der Waals surface area (Å²) in [5.74, 6) is 0.562. The van der Waals surface area contributed by atoms with Gasteiger partial charge in [0.25, 0.3) is 0 Å². The second-order valence-corrected chi connectivity index (χ2v) is 6.34. The molecule has 0 bridgehead atoms. The second-order valence-electron chi connectivity index (χ2n) is 5.20. The van der Waals surface area contributed by atoms with Crippen LogP contribution < -0.4 is 0 Å². The Bertz CT molecular complexity index is 469. The lowest BCUT2D eigenvalue weighted by Gasteiger charge is -2.34. The molecule has 1 heterocycles. The summed E-state index contributed by atoms with van der Waals surface area (Å²) in [5.41, 5.74) is 0. The van der Waals surface area contributed by atoms with E-state index < -0.39 is 0 Å². The van der Waals surface area contributed by atoms with Crippen molar-refractivity contribution in [2.45, 2.75) is 30.8 Å². The molecule has 1 fully saturated rings. The van der Waals surface area contributed by atoms with Crippen molar-refractivity contribution in [2.24, 2.45) is 5.92 Å². The van der Waals surface area contributed by atoms with Crippen molar-refractivity contribution >= 4 is 17.7 Å². The van der Waals surface area contributed by atoms with E-state index in [2.05, 4.69) is 0 Å². The molecule has 1 N–H and O–H groups in total. The normalized spacial score (nSPS) is 22.9. The Labute approximate surface area is 123 Å². The van der Waals surface area contributed by atoms with Crippen LogP contribution in [-0.4, -0.2) is 40.9 Å². The summed E-state index contributed by atoms with van der Waals surface area (Å²) >= 11 is 1.37. The number of thioether (sulfide) groups is 1. The van der Waals surface area contributed by atoms with Gasteiger partial charge in [-0.25, -0.2) is 4.39 Å². The molecule has 0 aliphatic carbocycles. The smallest absolute Gasteiger partial charge is 0.223 e. The first-order valence-electron chi connectivity index (χ1n) is 6.91. The SMILES string of the molecule is CC1CN(C(=O)CCSc2ccccc2F)CCC1O. The van der Waals surface area contributed by atoms with Crippen LogP contribution >= 0.6 is 11.8 Å². The molecular weight excluding hydrogens is 277 g/mol. The van der Waals surface area contributed by atoms with Crippen LogP contribution in [0.3, 0.4) is 0 Å². The van der Waals surface area contributed by atoms with Gasteiger partial charge in [-0.05, 0) is 24.5 Å². The highest BCUT2D eigenvalue weighted by molar-refractivity contribution is 7.99. The number of nitrogens with zero attached hydrogens (tertiary/aromatic N) is 1. The van der Waals surface area contributed by atoms with Gasteiger partial charge in [-0.3, -0.25) is 4.79 Å². The zero-order valence-electron chi connectivity index (χ0n) is 11.6. The molecule has 110 valence electrons. The minimum atomic E-state index is -0.299. The fourth-order valence-electron chi connectivity index (χ4n) is 2.33. The number of aliphatic hydroxyl groups excluding tert-OH is 1. The van der Waals surface area contributed by atoms with Gasteiger partial charge in [-0.15, -0.1) is 11.8 Å². The van der Waals surface area contributed by atoms with Crippen LogP contribution in [0.1, 0.15) is 19.8 Å². The molecule has 2 atom stereocenters. The van der Waals surface area contributed by atoms with Crippen molar-refractivity contribution in [2.75, 3.05) is 18.8 Å². The lowest BCUT2D eigenvalue weighted by atomic mass is 9.96. The third kappa shape index (κ3) is 3.96. The first-order chi connectivity index (χ1) is 9.58. The number of likely N-dealkylation sites (tertiary alicyclic amines) is 1. The molecular formula is C15H20FNO2S. The molecule has 1 aliphatic rings. The van der Waals surface area contributed by atoms with Crippen molar-refractivity contribution < 1.29 is 14.3 Å². The van der Waals surface area contributed by atoms with E-state index in [1.165, 1.54) is 17.8 Å². The Morgan fingerprint density at radius 1 is 1.50 bits per heavy atom. The summed E-state index contributed by atoms with van der Waals surface area (Å²) in [7, 11) is 0. The highest BCUT2D eigenvalue weighted by atomic mass is 32.2. The Morgan fingerprint density at radius 3 is 2.95 bits per heavy atom. The predicted octanol–water partition coefficient (Wildman–Crippen LogP) is 2.54. The molecule has 0 radical (unpaired) electrons. The summed E-state index contributed by atoms with van der Waals surface area (Å²) in [6.45, 7) is 3.19. The average Bonchev–Trinajstić information content (AvgIpc) is 2.44. The van der Waals surface area contributed by atoms with Gasteiger partial charge < -0.3 is 10.0 Å². The first-order valence-corrected chi connectivity index (χ1v) is 7.89. The maximum Gasteiger partial charge on any atom is 0.223 e. The van der Waals surface area contributed by atoms with Gasteiger partial charge in [0.05, 0.1) is 6.10 Å². The molecule has 1 aromatic carbocycles. The van der Waals surface area contributed by atoms with Gasteiger partial charge in [0.1, 0.15) is 5.82 Å². The zero-order valence-corrected chi connectivity index (χ0v) is 12.4. The fourth-order valence-corrected chi connectivity index (χ4v) is 3.21. The Morgan fingerprint density at radius 2 is 2.25 bits per heavy atom. The molecule has 0 aromatic heterocycles. The van der Waals surface area contributed by atoms with Crippen LogP contribution in [0.25, 0.3) is 0 Å². The van der Waals surface area contributed by atoms with Gasteiger partial charge in [-0.2, -0.15) is 0 Å². The van der Waals surface area contributed by atoms with Gasteiger partial charge in [0.2, 0.25) is 5.91 Å². The number of piperidine rings is 1. The molecule has 1 amide bonds. The van der Waals surface area contributed by atoms with E-state index in [0.29, 0.717) is 36.6 Å². The van der Waals surface area contributed by atoms with E-state index in [0.717, 1.165) is 0 Å². The Hall–Kier alpha value is -1.07. The standard InChI is InChI=1S/C15H20FNO2S/c1-11-10-17(8-6-13(11)18)15(19)7-9-20-14-5-3-2-4-12(14)16/h2-5,11,13,18H,6-10H2,1H3. The van der Waals surface area contributed by atoms with Crippen LogP contribution in [0.4, 0.5) is 4.39 Å². The summed E-state index contributed by atoms with van der Waals surface area (Å²) in [6, 6.07) is 6.60. The molecule has 0 spiro atoms. The van der Waals surface area contributed by atoms with Crippen LogP contribution in [-0.2, 0) is 4.79 Å². The van der Waals surface area contributed by atoms with Crippen LogP contribution in [0, 0.1) is 11.7 Å². The summed E-state index contributed by atoms with van der Waals surface area (Å²) in [5, 5.41) is 9.65. The number of hydrogen-bond donors (Lipinski definition) is 1. The molecule has 1 aliphatic heterocycles. The van der Waals surface area contributed by atoms with E-state index in [9.17, 15) is 14.3 Å². The van der Waals surface area contributed by atoms with E-state index in [4.69, 9.17) is 0 Å². The lowest BCUT2D eigenvalue weighted by Crippen LogP contribution is -2.45. The van der Waals surface area contributed by atoms with Crippen LogP contribution in [0.15, 0.2) is 29.2 Å². The number of hydrogen-bond acceptors (Lipinski definition) is 3. The number of amides is 1. The zero-order chi connectivity index (χ0) is 14.5. The van der Waals surface area contributed by atoms with Crippen molar-refractivity contribution in [3.8, 4) is 0 Å². The van der Waals surface area contributed by atoms with Crippen LogP contribution in [0.2, 0.25) is 0 Å². The van der Waals surface area contributed by atoms with Gasteiger partial charge in [0, 0.05) is 30.2 Å². The molecule has 5 heteroatoms. The molecule has 0 saturated carbocycles. The summed E-state index contributed by atoms with van der Waals surface area (Å²) in [4.78, 5) is 14.5. The number of halogens is 1. The molecule has 2 unspecified atom stereocenters. The fraction of sp³-hybridized carbons (Fsp3) is 0.533. The predicted molar refractivity (Wildman–Crippen MR) is 78.1 cm³/mol. The topological polar surface area (TPSA) is 40.5 Å². The minimum absolute atomic E-state index is 0.0904. The van der Waals surface area contributed by atoms with Gasteiger partial charge in [-0.1, -0.05) is 19.1 Å². The van der Waals surface area contributed by atoms with E-state index in [1.807, 2.05) is 6.92 Å². The Kier molecular flexibility index (Phi) is 5.43. The van der Waals surface area contributed by atoms with Gasteiger partial charge in [0.15, 0.2) is 0 Å². The Balaban J connectivity index is 1.77. The highest BCUT2D eigenvalue weighted by Crippen LogP contribution is 2.23. The number of carbonyl (C=O) groups excluding carboxylic acids is 1. The molecule has 20 heavy (non-hydrogen) atoms. The highest BCUT2D eigenvalue weighted by Gasteiger charge is 2.26. The maximum absolute atomic E-state index is 13.4. The van der Waals surface area contributed by atoms with Gasteiger partial charge >= 0.3 is 0 Å². The molecule has 1 saturated heterocycles. The average molecular weight is 297 g/mol.